The fourth-order valence-electron chi connectivity index (χ4n) is 1.48. The summed E-state index contributed by atoms with van der Waals surface area (Å²) in [5, 5.41) is 23.1. The summed E-state index contributed by atoms with van der Waals surface area (Å²) < 4.78 is 0. The molecule has 0 aromatic heterocycles. The van der Waals surface area contributed by atoms with E-state index in [0.717, 1.165) is 0 Å². The number of carbonyl (C=O) groups is 2. The Kier molecular flexibility index (Phi) is 8.82. The van der Waals surface area contributed by atoms with Crippen LogP contribution in [-0.2, 0) is 9.59 Å². The highest BCUT2D eigenvalue weighted by Crippen LogP contribution is 2.10. The Morgan fingerprint density at radius 1 is 1.37 bits per heavy atom. The van der Waals surface area contributed by atoms with Crippen LogP contribution in [-0.4, -0.2) is 47.3 Å². The summed E-state index contributed by atoms with van der Waals surface area (Å²) in [7, 11) is 0. The first-order valence-corrected chi connectivity index (χ1v) is 6.37. The number of hydrogen-bond acceptors (Lipinski definition) is 4. The molecule has 6 nitrogen and oxygen atoms in total. The molecule has 0 saturated heterocycles. The number of hydrogen-bond donors (Lipinski definition) is 4. The zero-order chi connectivity index (χ0) is 14.8. The molecule has 0 bridgehead atoms. The lowest BCUT2D eigenvalue weighted by Gasteiger charge is -2.17. The van der Waals surface area contributed by atoms with Crippen molar-refractivity contribution in [1.29, 1.82) is 0 Å². The standard InChI is InChI=1S/C13H24N2O4/c1-4-5-11(13(19)14-7-10(3)17)6-12(18)15-9(2)8-16/h4,9-11,16-17H,1,5-8H2,2-3H3,(H,14,19)(H,15,18). The van der Waals surface area contributed by atoms with Gasteiger partial charge >= 0.3 is 0 Å². The molecule has 19 heavy (non-hydrogen) atoms. The zero-order valence-electron chi connectivity index (χ0n) is 11.6. The Hall–Kier alpha value is -1.40. The normalized spacial score (nSPS) is 15.2. The van der Waals surface area contributed by atoms with Gasteiger partial charge in [-0.1, -0.05) is 6.08 Å². The van der Waals surface area contributed by atoms with E-state index in [1.54, 1.807) is 19.9 Å². The molecule has 0 fully saturated rings. The highest BCUT2D eigenvalue weighted by Gasteiger charge is 2.21. The van der Waals surface area contributed by atoms with E-state index in [1.165, 1.54) is 0 Å². The van der Waals surface area contributed by atoms with Gasteiger partial charge in [0.1, 0.15) is 0 Å². The molecule has 0 aromatic carbocycles. The molecule has 110 valence electrons. The fraction of sp³-hybridized carbons (Fsp3) is 0.692. The largest absolute Gasteiger partial charge is 0.394 e. The van der Waals surface area contributed by atoms with Gasteiger partial charge in [0.15, 0.2) is 0 Å². The lowest BCUT2D eigenvalue weighted by molar-refractivity contribution is -0.130. The Morgan fingerprint density at radius 3 is 2.47 bits per heavy atom. The van der Waals surface area contributed by atoms with Crippen LogP contribution in [0.25, 0.3) is 0 Å². The Bertz CT molecular complexity index is 305. The second kappa shape index (κ2) is 9.52. The van der Waals surface area contributed by atoms with E-state index < -0.39 is 12.0 Å². The van der Waals surface area contributed by atoms with Gasteiger partial charge in [0.05, 0.1) is 18.6 Å². The van der Waals surface area contributed by atoms with Gasteiger partial charge in [0.25, 0.3) is 0 Å². The van der Waals surface area contributed by atoms with Gasteiger partial charge in [-0.15, -0.1) is 6.58 Å². The van der Waals surface area contributed by atoms with E-state index in [0.29, 0.717) is 6.42 Å². The number of carbonyl (C=O) groups excluding carboxylic acids is 2. The van der Waals surface area contributed by atoms with Crippen molar-refractivity contribution in [3.63, 3.8) is 0 Å². The molecule has 0 radical (unpaired) electrons. The summed E-state index contributed by atoms with van der Waals surface area (Å²) in [6.45, 7) is 6.81. The molecule has 0 heterocycles. The molecule has 2 amide bonds. The van der Waals surface area contributed by atoms with Crippen LogP contribution in [0.15, 0.2) is 12.7 Å². The van der Waals surface area contributed by atoms with E-state index in [9.17, 15) is 9.59 Å². The molecule has 0 aromatic rings. The van der Waals surface area contributed by atoms with Crippen LogP contribution in [0.1, 0.15) is 26.7 Å². The number of nitrogens with one attached hydrogen (secondary N) is 2. The highest BCUT2D eigenvalue weighted by molar-refractivity contribution is 5.86. The predicted molar refractivity (Wildman–Crippen MR) is 72.3 cm³/mol. The van der Waals surface area contributed by atoms with Crippen LogP contribution in [0.5, 0.6) is 0 Å². The average molecular weight is 272 g/mol. The van der Waals surface area contributed by atoms with Crippen LogP contribution < -0.4 is 10.6 Å². The first-order chi connectivity index (χ1) is 8.90. The Morgan fingerprint density at radius 2 is 2.00 bits per heavy atom. The van der Waals surface area contributed by atoms with Gasteiger partial charge < -0.3 is 20.8 Å². The van der Waals surface area contributed by atoms with Crippen LogP contribution in [0.4, 0.5) is 0 Å². The van der Waals surface area contributed by atoms with Crippen molar-refractivity contribution in [2.24, 2.45) is 5.92 Å². The topological polar surface area (TPSA) is 98.7 Å². The molecule has 0 aliphatic heterocycles. The molecular formula is C13H24N2O4. The van der Waals surface area contributed by atoms with Crippen molar-refractivity contribution in [2.75, 3.05) is 13.2 Å². The van der Waals surface area contributed by atoms with E-state index in [1.807, 2.05) is 0 Å². The third kappa shape index (κ3) is 8.34. The molecule has 6 heteroatoms. The lowest BCUT2D eigenvalue weighted by Crippen LogP contribution is -2.40. The molecule has 3 unspecified atom stereocenters. The second-order valence-corrected chi connectivity index (χ2v) is 4.67. The number of allylic oxidation sites excluding steroid dienone is 1. The number of aliphatic hydroxyl groups excluding tert-OH is 2. The van der Waals surface area contributed by atoms with Crippen molar-refractivity contribution in [1.82, 2.24) is 10.6 Å². The zero-order valence-corrected chi connectivity index (χ0v) is 11.6. The van der Waals surface area contributed by atoms with Crippen molar-refractivity contribution in [3.05, 3.63) is 12.7 Å². The van der Waals surface area contributed by atoms with Crippen LogP contribution >= 0.6 is 0 Å². The minimum Gasteiger partial charge on any atom is -0.394 e. The summed E-state index contributed by atoms with van der Waals surface area (Å²) in [4.78, 5) is 23.5. The van der Waals surface area contributed by atoms with Crippen molar-refractivity contribution in [2.45, 2.75) is 38.8 Å². The predicted octanol–water partition coefficient (Wildman–Crippen LogP) is -0.437. The maximum atomic E-state index is 11.8. The lowest BCUT2D eigenvalue weighted by atomic mass is 9.99. The van der Waals surface area contributed by atoms with Gasteiger partial charge in [-0.3, -0.25) is 9.59 Å². The Labute approximate surface area is 113 Å². The van der Waals surface area contributed by atoms with Gasteiger partial charge in [0.2, 0.25) is 11.8 Å². The Balaban J connectivity index is 4.34. The molecule has 4 N–H and O–H groups in total. The third-order valence-corrected chi connectivity index (χ3v) is 2.51. The van der Waals surface area contributed by atoms with E-state index in [4.69, 9.17) is 10.2 Å². The molecule has 0 saturated carbocycles. The SMILES string of the molecule is C=CCC(CC(=O)NC(C)CO)C(=O)NCC(C)O. The third-order valence-electron chi connectivity index (χ3n) is 2.51. The van der Waals surface area contributed by atoms with Crippen LogP contribution in [0.3, 0.4) is 0 Å². The van der Waals surface area contributed by atoms with Gasteiger partial charge in [-0.05, 0) is 20.3 Å². The minimum atomic E-state index is -0.628. The van der Waals surface area contributed by atoms with Crippen LogP contribution in [0, 0.1) is 5.92 Å². The smallest absolute Gasteiger partial charge is 0.224 e. The monoisotopic (exact) mass is 272 g/mol. The van der Waals surface area contributed by atoms with E-state index in [-0.39, 0.29) is 37.4 Å². The van der Waals surface area contributed by atoms with Crippen molar-refractivity contribution >= 4 is 11.8 Å². The van der Waals surface area contributed by atoms with Gasteiger partial charge in [0, 0.05) is 19.0 Å². The minimum absolute atomic E-state index is 0.0298. The molecular weight excluding hydrogens is 248 g/mol. The summed E-state index contributed by atoms with van der Waals surface area (Å²) >= 11 is 0. The number of amides is 2. The average Bonchev–Trinajstić information content (AvgIpc) is 2.35. The summed E-state index contributed by atoms with van der Waals surface area (Å²) in [6.07, 6.45) is 1.36. The summed E-state index contributed by atoms with van der Waals surface area (Å²) in [5.41, 5.74) is 0. The molecule has 3 atom stereocenters. The van der Waals surface area contributed by atoms with Gasteiger partial charge in [-0.2, -0.15) is 0 Å². The fourth-order valence-corrected chi connectivity index (χ4v) is 1.48. The first kappa shape index (κ1) is 17.6. The molecule has 0 aliphatic rings. The van der Waals surface area contributed by atoms with E-state index in [2.05, 4.69) is 17.2 Å². The maximum Gasteiger partial charge on any atom is 0.224 e. The second-order valence-electron chi connectivity index (χ2n) is 4.67. The first-order valence-electron chi connectivity index (χ1n) is 6.37. The summed E-state index contributed by atoms with van der Waals surface area (Å²) in [6, 6.07) is -0.336. The molecule has 0 spiro atoms. The summed E-state index contributed by atoms with van der Waals surface area (Å²) in [5.74, 6) is -1.09. The highest BCUT2D eigenvalue weighted by atomic mass is 16.3. The molecule has 0 aliphatic carbocycles. The van der Waals surface area contributed by atoms with E-state index >= 15 is 0 Å². The van der Waals surface area contributed by atoms with Crippen LogP contribution in [0.2, 0.25) is 0 Å². The molecule has 0 rings (SSSR count). The number of rotatable bonds is 9. The van der Waals surface area contributed by atoms with Gasteiger partial charge in [-0.25, -0.2) is 0 Å². The quantitative estimate of drug-likeness (QED) is 0.428. The van der Waals surface area contributed by atoms with Crippen molar-refractivity contribution in [3.8, 4) is 0 Å². The van der Waals surface area contributed by atoms with Crippen molar-refractivity contribution < 1.29 is 19.8 Å². The maximum absolute atomic E-state index is 11.8. The number of aliphatic hydroxyl groups is 2.